The molecular formula is C20H18N4O3. The van der Waals surface area contributed by atoms with Crippen LogP contribution in [-0.4, -0.2) is 22.7 Å². The standard InChI is InChI=1S/C20H18N4O3/c1-12-3-4-14(7-13(12)2)23-19-10-21-16(9-22-19)20(25)24-15-5-6-17-18(8-15)27-11-26-17/h3-10H,11H2,1-2H3,(H,22,23)(H,24,25). The number of aryl methyl sites for hydroxylation is 2. The van der Waals surface area contributed by atoms with Gasteiger partial charge in [-0.05, 0) is 49.2 Å². The quantitative estimate of drug-likeness (QED) is 0.734. The molecule has 7 nitrogen and oxygen atoms in total. The first-order valence-electron chi connectivity index (χ1n) is 8.46. The predicted octanol–water partition coefficient (Wildman–Crippen LogP) is 3.82. The number of hydrogen-bond acceptors (Lipinski definition) is 6. The molecule has 27 heavy (non-hydrogen) atoms. The van der Waals surface area contributed by atoms with E-state index < -0.39 is 0 Å². The summed E-state index contributed by atoms with van der Waals surface area (Å²) in [5.41, 5.74) is 4.15. The van der Waals surface area contributed by atoms with Crippen LogP contribution >= 0.6 is 0 Å². The van der Waals surface area contributed by atoms with E-state index in [1.165, 1.54) is 23.5 Å². The van der Waals surface area contributed by atoms with Crippen molar-refractivity contribution in [3.05, 3.63) is 65.6 Å². The van der Waals surface area contributed by atoms with Gasteiger partial charge >= 0.3 is 0 Å². The third-order valence-corrected chi connectivity index (χ3v) is 4.29. The minimum Gasteiger partial charge on any atom is -0.454 e. The Kier molecular flexibility index (Phi) is 4.33. The Morgan fingerprint density at radius 2 is 1.74 bits per heavy atom. The second-order valence-corrected chi connectivity index (χ2v) is 6.23. The van der Waals surface area contributed by atoms with Crippen LogP contribution in [0.1, 0.15) is 21.6 Å². The number of hydrogen-bond donors (Lipinski definition) is 2. The molecule has 7 heteroatoms. The molecule has 0 spiro atoms. The van der Waals surface area contributed by atoms with E-state index in [9.17, 15) is 4.79 Å². The maximum atomic E-state index is 12.4. The Morgan fingerprint density at radius 1 is 0.926 bits per heavy atom. The van der Waals surface area contributed by atoms with E-state index in [0.717, 1.165) is 5.69 Å². The fraction of sp³-hybridized carbons (Fsp3) is 0.150. The highest BCUT2D eigenvalue weighted by Gasteiger charge is 2.15. The van der Waals surface area contributed by atoms with Crippen LogP contribution in [0.5, 0.6) is 11.5 Å². The van der Waals surface area contributed by atoms with Crippen LogP contribution in [0.3, 0.4) is 0 Å². The van der Waals surface area contributed by atoms with Crippen molar-refractivity contribution < 1.29 is 14.3 Å². The number of benzene rings is 2. The summed E-state index contributed by atoms with van der Waals surface area (Å²) in [6.07, 6.45) is 2.97. The Hall–Kier alpha value is -3.61. The summed E-state index contributed by atoms with van der Waals surface area (Å²) < 4.78 is 10.6. The zero-order chi connectivity index (χ0) is 18.8. The minimum absolute atomic E-state index is 0.188. The van der Waals surface area contributed by atoms with Gasteiger partial charge in [-0.15, -0.1) is 0 Å². The highest BCUT2D eigenvalue weighted by molar-refractivity contribution is 6.02. The number of anilines is 3. The Bertz CT molecular complexity index is 1000. The summed E-state index contributed by atoms with van der Waals surface area (Å²) in [7, 11) is 0. The average Bonchev–Trinajstić information content (AvgIpc) is 3.13. The zero-order valence-corrected chi connectivity index (χ0v) is 14.9. The Labute approximate surface area is 156 Å². The molecule has 2 N–H and O–H groups in total. The molecule has 0 saturated heterocycles. The van der Waals surface area contributed by atoms with Gasteiger partial charge in [-0.1, -0.05) is 6.07 Å². The number of amides is 1. The number of rotatable bonds is 4. The highest BCUT2D eigenvalue weighted by Crippen LogP contribution is 2.34. The Balaban J connectivity index is 1.43. The maximum Gasteiger partial charge on any atom is 0.275 e. The van der Waals surface area contributed by atoms with Crippen LogP contribution in [0.15, 0.2) is 48.8 Å². The van der Waals surface area contributed by atoms with Gasteiger partial charge in [-0.25, -0.2) is 9.97 Å². The molecule has 0 fully saturated rings. The number of fused-ring (bicyclic) bond motifs is 1. The molecule has 1 amide bonds. The van der Waals surface area contributed by atoms with Crippen LogP contribution in [0.2, 0.25) is 0 Å². The van der Waals surface area contributed by atoms with Crippen LogP contribution in [-0.2, 0) is 0 Å². The summed E-state index contributed by atoms with van der Waals surface area (Å²) in [6.45, 7) is 4.30. The van der Waals surface area contributed by atoms with Crippen molar-refractivity contribution in [3.63, 3.8) is 0 Å². The van der Waals surface area contributed by atoms with E-state index >= 15 is 0 Å². The van der Waals surface area contributed by atoms with Gasteiger partial charge in [0.05, 0.1) is 12.4 Å². The van der Waals surface area contributed by atoms with Crippen molar-refractivity contribution in [1.82, 2.24) is 9.97 Å². The molecule has 3 aromatic rings. The summed E-state index contributed by atoms with van der Waals surface area (Å²) >= 11 is 0. The molecule has 1 aliphatic heterocycles. The summed E-state index contributed by atoms with van der Waals surface area (Å²) in [6, 6.07) is 11.3. The third kappa shape index (κ3) is 3.67. The van der Waals surface area contributed by atoms with Crippen molar-refractivity contribution in [2.45, 2.75) is 13.8 Å². The second-order valence-electron chi connectivity index (χ2n) is 6.23. The first-order valence-corrected chi connectivity index (χ1v) is 8.46. The first-order chi connectivity index (χ1) is 13.1. The van der Waals surface area contributed by atoms with Gasteiger partial charge in [0.15, 0.2) is 11.5 Å². The highest BCUT2D eigenvalue weighted by atomic mass is 16.7. The molecule has 2 heterocycles. The lowest BCUT2D eigenvalue weighted by molar-refractivity contribution is 0.102. The number of carbonyl (C=O) groups is 1. The SMILES string of the molecule is Cc1ccc(Nc2cnc(C(=O)Nc3ccc4c(c3)OCO4)cn2)cc1C. The van der Waals surface area contributed by atoms with Gasteiger partial charge in [0.2, 0.25) is 6.79 Å². The molecule has 4 rings (SSSR count). The van der Waals surface area contributed by atoms with E-state index in [-0.39, 0.29) is 18.4 Å². The zero-order valence-electron chi connectivity index (χ0n) is 14.9. The van der Waals surface area contributed by atoms with Gasteiger partial charge in [-0.3, -0.25) is 4.79 Å². The molecular weight excluding hydrogens is 344 g/mol. The van der Waals surface area contributed by atoms with Crippen LogP contribution in [0.25, 0.3) is 0 Å². The summed E-state index contributed by atoms with van der Waals surface area (Å²) in [4.78, 5) is 20.8. The molecule has 0 bridgehead atoms. The average molecular weight is 362 g/mol. The second kappa shape index (κ2) is 6.95. The lowest BCUT2D eigenvalue weighted by atomic mass is 10.1. The maximum absolute atomic E-state index is 12.4. The van der Waals surface area contributed by atoms with E-state index in [1.54, 1.807) is 18.2 Å². The van der Waals surface area contributed by atoms with Crippen molar-refractivity contribution in [2.75, 3.05) is 17.4 Å². The van der Waals surface area contributed by atoms with Gasteiger partial charge in [-0.2, -0.15) is 0 Å². The van der Waals surface area contributed by atoms with Crippen LogP contribution in [0, 0.1) is 13.8 Å². The summed E-state index contributed by atoms with van der Waals surface area (Å²) in [5.74, 6) is 1.48. The van der Waals surface area contributed by atoms with Crippen molar-refractivity contribution >= 4 is 23.1 Å². The number of ether oxygens (including phenoxy) is 2. The smallest absolute Gasteiger partial charge is 0.275 e. The number of nitrogens with one attached hydrogen (secondary N) is 2. The van der Waals surface area contributed by atoms with E-state index in [1.807, 2.05) is 18.2 Å². The molecule has 136 valence electrons. The molecule has 1 aromatic heterocycles. The Morgan fingerprint density at radius 3 is 2.52 bits per heavy atom. The predicted molar refractivity (Wildman–Crippen MR) is 102 cm³/mol. The first kappa shape index (κ1) is 16.8. The molecule has 1 aliphatic rings. The van der Waals surface area contributed by atoms with Crippen molar-refractivity contribution in [1.29, 1.82) is 0 Å². The van der Waals surface area contributed by atoms with Crippen LogP contribution in [0.4, 0.5) is 17.2 Å². The van der Waals surface area contributed by atoms with E-state index in [0.29, 0.717) is 23.0 Å². The lowest BCUT2D eigenvalue weighted by Gasteiger charge is -2.09. The van der Waals surface area contributed by atoms with Crippen molar-refractivity contribution in [2.24, 2.45) is 0 Å². The van der Waals surface area contributed by atoms with Gasteiger partial charge < -0.3 is 20.1 Å². The lowest BCUT2D eigenvalue weighted by Crippen LogP contribution is -2.14. The molecule has 0 radical (unpaired) electrons. The topological polar surface area (TPSA) is 85.4 Å². The molecule has 0 unspecified atom stereocenters. The molecule has 0 aliphatic carbocycles. The van der Waals surface area contributed by atoms with Gasteiger partial charge in [0.25, 0.3) is 5.91 Å². The molecule has 2 aromatic carbocycles. The largest absolute Gasteiger partial charge is 0.454 e. The monoisotopic (exact) mass is 362 g/mol. The fourth-order valence-electron chi connectivity index (χ4n) is 2.65. The normalized spacial score (nSPS) is 11.9. The fourth-order valence-corrected chi connectivity index (χ4v) is 2.65. The van der Waals surface area contributed by atoms with Gasteiger partial charge in [0.1, 0.15) is 11.5 Å². The van der Waals surface area contributed by atoms with Gasteiger partial charge in [0, 0.05) is 17.4 Å². The summed E-state index contributed by atoms with van der Waals surface area (Å²) in [5, 5.41) is 5.95. The number of nitrogens with zero attached hydrogens (tertiary/aromatic N) is 2. The van der Waals surface area contributed by atoms with E-state index in [4.69, 9.17) is 9.47 Å². The molecule has 0 atom stereocenters. The van der Waals surface area contributed by atoms with Crippen molar-refractivity contribution in [3.8, 4) is 11.5 Å². The number of carbonyl (C=O) groups excluding carboxylic acids is 1. The minimum atomic E-state index is -0.348. The van der Waals surface area contributed by atoms with E-state index in [2.05, 4.69) is 34.4 Å². The number of aromatic nitrogens is 2. The van der Waals surface area contributed by atoms with Crippen LogP contribution < -0.4 is 20.1 Å². The third-order valence-electron chi connectivity index (χ3n) is 4.29. The molecule has 0 saturated carbocycles.